The Morgan fingerprint density at radius 2 is 2.24 bits per heavy atom. The molecule has 4 heteroatoms. The summed E-state index contributed by atoms with van der Waals surface area (Å²) in [5.74, 6) is 1.40. The molecule has 2 N–H and O–H groups in total. The van der Waals surface area contributed by atoms with Crippen molar-refractivity contribution in [2.75, 3.05) is 6.54 Å². The lowest BCUT2D eigenvalue weighted by atomic mass is 9.93. The summed E-state index contributed by atoms with van der Waals surface area (Å²) in [5.41, 5.74) is 1.09. The molecule has 4 unspecified atom stereocenters. The molecule has 114 valence electrons. The Hall–Kier alpha value is -1.06. The lowest BCUT2D eigenvalue weighted by molar-refractivity contribution is -0.124. The van der Waals surface area contributed by atoms with E-state index in [0.717, 1.165) is 23.6 Å². The van der Waals surface area contributed by atoms with Crippen LogP contribution in [0.3, 0.4) is 0 Å². The molecule has 0 bridgehead atoms. The third kappa shape index (κ3) is 3.24. The first-order chi connectivity index (χ1) is 10.1. The quantitative estimate of drug-likeness (QED) is 0.898. The Labute approximate surface area is 131 Å². The SMILES string of the molecule is CC(Cc1ccccc1Cl)NC(=O)C1NCC2CCCC21. The summed E-state index contributed by atoms with van der Waals surface area (Å²) in [5, 5.41) is 7.32. The highest BCUT2D eigenvalue weighted by Crippen LogP contribution is 2.37. The molecule has 1 aromatic carbocycles. The summed E-state index contributed by atoms with van der Waals surface area (Å²) >= 11 is 6.18. The van der Waals surface area contributed by atoms with Gasteiger partial charge in [-0.2, -0.15) is 0 Å². The molecule has 0 spiro atoms. The van der Waals surface area contributed by atoms with Gasteiger partial charge < -0.3 is 10.6 Å². The number of hydrogen-bond donors (Lipinski definition) is 2. The molecule has 1 saturated carbocycles. The number of nitrogens with one attached hydrogen (secondary N) is 2. The second kappa shape index (κ2) is 6.37. The van der Waals surface area contributed by atoms with E-state index in [-0.39, 0.29) is 18.0 Å². The van der Waals surface area contributed by atoms with E-state index in [9.17, 15) is 4.79 Å². The maximum Gasteiger partial charge on any atom is 0.237 e. The highest BCUT2D eigenvalue weighted by atomic mass is 35.5. The van der Waals surface area contributed by atoms with Crippen LogP contribution in [-0.4, -0.2) is 24.5 Å². The molecule has 1 amide bonds. The first kappa shape index (κ1) is 14.9. The molecule has 3 nitrogen and oxygen atoms in total. The summed E-state index contributed by atoms with van der Waals surface area (Å²) < 4.78 is 0. The van der Waals surface area contributed by atoms with Gasteiger partial charge in [-0.15, -0.1) is 0 Å². The van der Waals surface area contributed by atoms with Gasteiger partial charge in [0.25, 0.3) is 0 Å². The first-order valence-corrected chi connectivity index (χ1v) is 8.30. The standard InChI is InChI=1S/C17H23ClN2O/c1-11(9-12-5-2-3-8-15(12)18)20-17(21)16-14-7-4-6-13(14)10-19-16/h2-3,5,8,11,13-14,16,19H,4,6-7,9-10H2,1H3,(H,20,21). The molecule has 4 atom stereocenters. The van der Waals surface area contributed by atoms with E-state index in [1.54, 1.807) is 0 Å². The monoisotopic (exact) mass is 306 g/mol. The fourth-order valence-corrected chi connectivity index (χ4v) is 4.06. The van der Waals surface area contributed by atoms with E-state index in [1.165, 1.54) is 19.3 Å². The van der Waals surface area contributed by atoms with Crippen molar-refractivity contribution in [2.24, 2.45) is 11.8 Å². The van der Waals surface area contributed by atoms with Crippen LogP contribution in [-0.2, 0) is 11.2 Å². The van der Waals surface area contributed by atoms with Gasteiger partial charge in [-0.05, 0) is 56.2 Å². The first-order valence-electron chi connectivity index (χ1n) is 7.92. The predicted molar refractivity (Wildman–Crippen MR) is 85.4 cm³/mol. The van der Waals surface area contributed by atoms with Gasteiger partial charge in [0.2, 0.25) is 5.91 Å². The van der Waals surface area contributed by atoms with Crippen LogP contribution in [0.15, 0.2) is 24.3 Å². The Morgan fingerprint density at radius 3 is 3.05 bits per heavy atom. The van der Waals surface area contributed by atoms with Crippen LogP contribution < -0.4 is 10.6 Å². The molecule has 2 aliphatic rings. The summed E-state index contributed by atoms with van der Waals surface area (Å²) in [6.07, 6.45) is 4.51. The van der Waals surface area contributed by atoms with Crippen molar-refractivity contribution in [3.8, 4) is 0 Å². The lowest BCUT2D eigenvalue weighted by Crippen LogP contribution is -2.47. The van der Waals surface area contributed by atoms with Gasteiger partial charge in [0.15, 0.2) is 0 Å². The summed E-state index contributed by atoms with van der Waals surface area (Å²) in [6.45, 7) is 3.05. The molecule has 1 heterocycles. The van der Waals surface area contributed by atoms with E-state index in [0.29, 0.717) is 11.8 Å². The summed E-state index contributed by atoms with van der Waals surface area (Å²) in [4.78, 5) is 12.5. The van der Waals surface area contributed by atoms with Crippen LogP contribution in [0.25, 0.3) is 0 Å². The molecule has 3 rings (SSSR count). The molecule has 1 aromatic rings. The molecule has 1 aliphatic carbocycles. The van der Waals surface area contributed by atoms with E-state index < -0.39 is 0 Å². The van der Waals surface area contributed by atoms with Gasteiger partial charge >= 0.3 is 0 Å². The van der Waals surface area contributed by atoms with Crippen LogP contribution in [0.4, 0.5) is 0 Å². The summed E-state index contributed by atoms with van der Waals surface area (Å²) in [6, 6.07) is 7.93. The molecular formula is C17H23ClN2O. The number of fused-ring (bicyclic) bond motifs is 1. The second-order valence-electron chi connectivity index (χ2n) is 6.45. The van der Waals surface area contributed by atoms with Crippen LogP contribution in [0.2, 0.25) is 5.02 Å². The average Bonchev–Trinajstić information content (AvgIpc) is 3.03. The number of rotatable bonds is 4. The Balaban J connectivity index is 1.56. The Morgan fingerprint density at radius 1 is 1.43 bits per heavy atom. The fraction of sp³-hybridized carbons (Fsp3) is 0.588. The number of carbonyl (C=O) groups is 1. The third-order valence-electron chi connectivity index (χ3n) is 4.90. The van der Waals surface area contributed by atoms with Gasteiger partial charge in [0, 0.05) is 11.1 Å². The van der Waals surface area contributed by atoms with Crippen molar-refractivity contribution >= 4 is 17.5 Å². The van der Waals surface area contributed by atoms with Crippen molar-refractivity contribution in [3.05, 3.63) is 34.9 Å². The maximum atomic E-state index is 12.5. The minimum absolute atomic E-state index is 0.00574. The van der Waals surface area contributed by atoms with Crippen molar-refractivity contribution in [2.45, 2.75) is 44.7 Å². The van der Waals surface area contributed by atoms with Crippen LogP contribution >= 0.6 is 11.6 Å². The largest absolute Gasteiger partial charge is 0.352 e. The average molecular weight is 307 g/mol. The van der Waals surface area contributed by atoms with E-state index in [2.05, 4.69) is 10.6 Å². The number of carbonyl (C=O) groups excluding carboxylic acids is 1. The van der Waals surface area contributed by atoms with Crippen molar-refractivity contribution in [1.29, 1.82) is 0 Å². The minimum Gasteiger partial charge on any atom is -0.352 e. The van der Waals surface area contributed by atoms with Gasteiger partial charge in [-0.3, -0.25) is 4.79 Å². The molecule has 21 heavy (non-hydrogen) atoms. The van der Waals surface area contributed by atoms with Gasteiger partial charge in [-0.1, -0.05) is 36.2 Å². The Kier molecular flexibility index (Phi) is 4.51. The number of hydrogen-bond acceptors (Lipinski definition) is 2. The van der Waals surface area contributed by atoms with Crippen molar-refractivity contribution in [3.63, 3.8) is 0 Å². The van der Waals surface area contributed by atoms with E-state index >= 15 is 0 Å². The maximum absolute atomic E-state index is 12.5. The zero-order chi connectivity index (χ0) is 14.8. The lowest BCUT2D eigenvalue weighted by Gasteiger charge is -2.21. The van der Waals surface area contributed by atoms with Crippen LogP contribution in [0.5, 0.6) is 0 Å². The molecule has 0 aromatic heterocycles. The molecule has 2 fully saturated rings. The van der Waals surface area contributed by atoms with E-state index in [1.807, 2.05) is 31.2 Å². The van der Waals surface area contributed by atoms with Crippen molar-refractivity contribution < 1.29 is 4.79 Å². The zero-order valence-electron chi connectivity index (χ0n) is 12.4. The molecule has 1 saturated heterocycles. The van der Waals surface area contributed by atoms with Gasteiger partial charge in [0.05, 0.1) is 6.04 Å². The fourth-order valence-electron chi connectivity index (χ4n) is 3.85. The van der Waals surface area contributed by atoms with Gasteiger partial charge in [0.1, 0.15) is 0 Å². The Bertz CT molecular complexity index is 519. The smallest absolute Gasteiger partial charge is 0.237 e. The number of benzene rings is 1. The second-order valence-corrected chi connectivity index (χ2v) is 6.85. The van der Waals surface area contributed by atoms with Crippen LogP contribution in [0, 0.1) is 11.8 Å². The third-order valence-corrected chi connectivity index (χ3v) is 5.27. The zero-order valence-corrected chi connectivity index (χ0v) is 13.2. The highest BCUT2D eigenvalue weighted by molar-refractivity contribution is 6.31. The number of amides is 1. The highest BCUT2D eigenvalue weighted by Gasteiger charge is 2.42. The number of halogens is 1. The normalized spacial score (nSPS) is 29.1. The topological polar surface area (TPSA) is 41.1 Å². The van der Waals surface area contributed by atoms with E-state index in [4.69, 9.17) is 11.6 Å². The molecule has 0 radical (unpaired) electrons. The summed E-state index contributed by atoms with van der Waals surface area (Å²) in [7, 11) is 0. The van der Waals surface area contributed by atoms with Crippen LogP contribution in [0.1, 0.15) is 31.7 Å². The van der Waals surface area contributed by atoms with Crippen molar-refractivity contribution in [1.82, 2.24) is 10.6 Å². The predicted octanol–water partition coefficient (Wildman–Crippen LogP) is 2.78. The molecule has 1 aliphatic heterocycles. The molecular weight excluding hydrogens is 284 g/mol. The minimum atomic E-state index is 0.00574. The van der Waals surface area contributed by atoms with Gasteiger partial charge in [-0.25, -0.2) is 0 Å².